The van der Waals surface area contributed by atoms with Gasteiger partial charge in [-0.3, -0.25) is 0 Å². The van der Waals surface area contributed by atoms with E-state index in [1.165, 1.54) is 5.56 Å². The first-order valence-corrected chi connectivity index (χ1v) is 6.60. The minimum absolute atomic E-state index is 0.583. The Balaban J connectivity index is 2.06. The smallest absolute Gasteiger partial charge is 0.128 e. The van der Waals surface area contributed by atoms with Crippen molar-refractivity contribution >= 4 is 5.82 Å². The Morgan fingerprint density at radius 1 is 1.18 bits per heavy atom. The molecule has 1 N–H and O–H groups in total. The van der Waals surface area contributed by atoms with Crippen molar-refractivity contribution in [3.63, 3.8) is 0 Å². The van der Waals surface area contributed by atoms with E-state index in [0.29, 0.717) is 11.8 Å². The van der Waals surface area contributed by atoms with E-state index in [1.54, 1.807) is 0 Å². The molecule has 0 aromatic carbocycles. The van der Waals surface area contributed by atoms with Gasteiger partial charge in [0.05, 0.1) is 0 Å². The van der Waals surface area contributed by atoms with Crippen LogP contribution < -0.4 is 10.2 Å². The fourth-order valence-electron chi connectivity index (χ4n) is 2.13. The summed E-state index contributed by atoms with van der Waals surface area (Å²) in [7, 11) is 0. The highest BCUT2D eigenvalue weighted by Gasteiger charge is 2.13. The van der Waals surface area contributed by atoms with E-state index in [0.717, 1.165) is 32.0 Å². The van der Waals surface area contributed by atoms with Crippen molar-refractivity contribution in [3.05, 3.63) is 23.9 Å². The average Bonchev–Trinajstić information content (AvgIpc) is 2.39. The third kappa shape index (κ3) is 2.97. The summed E-state index contributed by atoms with van der Waals surface area (Å²) in [5.74, 6) is 2.37. The van der Waals surface area contributed by atoms with Crippen molar-refractivity contribution in [1.29, 1.82) is 0 Å². The maximum atomic E-state index is 4.60. The van der Waals surface area contributed by atoms with Crippen molar-refractivity contribution in [1.82, 2.24) is 10.3 Å². The zero-order valence-electron chi connectivity index (χ0n) is 11.1. The highest BCUT2D eigenvalue weighted by molar-refractivity contribution is 5.40. The highest BCUT2D eigenvalue weighted by Crippen LogP contribution is 2.24. The lowest BCUT2D eigenvalue weighted by molar-refractivity contribution is 0.533. The van der Waals surface area contributed by atoms with E-state index in [-0.39, 0.29) is 0 Å². The number of hydrogen-bond donors (Lipinski definition) is 1. The minimum Gasteiger partial charge on any atom is -0.354 e. The molecule has 1 aliphatic heterocycles. The van der Waals surface area contributed by atoms with E-state index in [9.17, 15) is 0 Å². The number of rotatable bonds is 3. The fourth-order valence-corrected chi connectivity index (χ4v) is 2.13. The number of anilines is 1. The van der Waals surface area contributed by atoms with Crippen molar-refractivity contribution in [2.75, 3.05) is 31.1 Å². The summed E-state index contributed by atoms with van der Waals surface area (Å²) in [6.07, 6.45) is 2.04. The van der Waals surface area contributed by atoms with Crippen molar-refractivity contribution in [2.45, 2.75) is 26.7 Å². The van der Waals surface area contributed by atoms with Crippen LogP contribution in [0.3, 0.4) is 0 Å². The molecule has 1 aromatic rings. The van der Waals surface area contributed by atoms with Gasteiger partial charge in [-0.1, -0.05) is 26.8 Å². The van der Waals surface area contributed by atoms with Crippen molar-refractivity contribution in [3.8, 4) is 0 Å². The van der Waals surface area contributed by atoms with Gasteiger partial charge in [-0.05, 0) is 23.5 Å². The minimum atomic E-state index is 0.583. The van der Waals surface area contributed by atoms with Crippen LogP contribution in [0.4, 0.5) is 5.82 Å². The van der Waals surface area contributed by atoms with Crippen LogP contribution in [0.15, 0.2) is 18.3 Å². The molecule has 0 spiro atoms. The van der Waals surface area contributed by atoms with Crippen LogP contribution in [0.1, 0.15) is 32.3 Å². The topological polar surface area (TPSA) is 28.2 Å². The van der Waals surface area contributed by atoms with E-state index >= 15 is 0 Å². The summed E-state index contributed by atoms with van der Waals surface area (Å²) < 4.78 is 0. The average molecular weight is 233 g/mol. The first-order valence-electron chi connectivity index (χ1n) is 6.60. The molecule has 3 heteroatoms. The number of nitrogens with one attached hydrogen (secondary N) is 1. The molecule has 1 unspecified atom stereocenters. The SMILES string of the molecule is CC(C)C(C)c1ccc(N2CCNCC2)nc1. The summed E-state index contributed by atoms with van der Waals surface area (Å²) in [4.78, 5) is 6.95. The molecule has 1 aliphatic rings. The second-order valence-corrected chi connectivity index (χ2v) is 5.22. The zero-order chi connectivity index (χ0) is 12.3. The predicted octanol–water partition coefficient (Wildman–Crippen LogP) is 2.25. The molecule has 1 fully saturated rings. The van der Waals surface area contributed by atoms with Gasteiger partial charge in [-0.2, -0.15) is 0 Å². The second kappa shape index (κ2) is 5.50. The first kappa shape index (κ1) is 12.4. The molecule has 0 amide bonds. The summed E-state index contributed by atoms with van der Waals surface area (Å²) in [6, 6.07) is 4.40. The molecule has 3 nitrogen and oxygen atoms in total. The van der Waals surface area contributed by atoms with Gasteiger partial charge in [0.2, 0.25) is 0 Å². The normalized spacial score (nSPS) is 18.5. The highest BCUT2D eigenvalue weighted by atomic mass is 15.2. The number of piperazine rings is 1. The lowest BCUT2D eigenvalue weighted by Gasteiger charge is -2.28. The fraction of sp³-hybridized carbons (Fsp3) is 0.643. The molecule has 0 bridgehead atoms. The number of nitrogens with zero attached hydrogens (tertiary/aromatic N) is 2. The number of pyridine rings is 1. The molecule has 0 radical (unpaired) electrons. The standard InChI is InChI=1S/C14H23N3/c1-11(2)12(3)13-4-5-14(16-10-13)17-8-6-15-7-9-17/h4-5,10-12,15H,6-9H2,1-3H3. The van der Waals surface area contributed by atoms with Crippen LogP contribution in [0, 0.1) is 5.92 Å². The lowest BCUT2D eigenvalue weighted by Crippen LogP contribution is -2.43. The molecule has 94 valence electrons. The van der Waals surface area contributed by atoms with Crippen LogP contribution in [0.2, 0.25) is 0 Å². The molecule has 1 saturated heterocycles. The molecule has 2 rings (SSSR count). The Kier molecular flexibility index (Phi) is 4.00. The molecule has 1 atom stereocenters. The number of hydrogen-bond acceptors (Lipinski definition) is 3. The van der Waals surface area contributed by atoms with Gasteiger partial charge in [0, 0.05) is 32.4 Å². The van der Waals surface area contributed by atoms with E-state index in [1.807, 2.05) is 6.20 Å². The maximum Gasteiger partial charge on any atom is 0.128 e. The van der Waals surface area contributed by atoms with E-state index in [4.69, 9.17) is 0 Å². The monoisotopic (exact) mass is 233 g/mol. The van der Waals surface area contributed by atoms with Crippen LogP contribution >= 0.6 is 0 Å². The summed E-state index contributed by atoms with van der Waals surface area (Å²) in [6.45, 7) is 11.0. The molecule has 0 aliphatic carbocycles. The van der Waals surface area contributed by atoms with Gasteiger partial charge in [0.25, 0.3) is 0 Å². The van der Waals surface area contributed by atoms with Gasteiger partial charge in [0.15, 0.2) is 0 Å². The van der Waals surface area contributed by atoms with E-state index < -0.39 is 0 Å². The molecular weight excluding hydrogens is 210 g/mol. The van der Waals surface area contributed by atoms with Crippen LogP contribution in [-0.2, 0) is 0 Å². The quantitative estimate of drug-likeness (QED) is 0.868. The Bertz CT molecular complexity index is 339. The van der Waals surface area contributed by atoms with Gasteiger partial charge in [0.1, 0.15) is 5.82 Å². The van der Waals surface area contributed by atoms with Crippen LogP contribution in [-0.4, -0.2) is 31.2 Å². The second-order valence-electron chi connectivity index (χ2n) is 5.22. The van der Waals surface area contributed by atoms with Crippen LogP contribution in [0.5, 0.6) is 0 Å². The molecule has 0 saturated carbocycles. The predicted molar refractivity (Wildman–Crippen MR) is 72.6 cm³/mol. The molecule has 17 heavy (non-hydrogen) atoms. The third-order valence-electron chi connectivity index (χ3n) is 3.74. The Hall–Kier alpha value is -1.09. The molecule has 2 heterocycles. The lowest BCUT2D eigenvalue weighted by atomic mass is 9.91. The summed E-state index contributed by atoms with van der Waals surface area (Å²) >= 11 is 0. The molecule has 1 aromatic heterocycles. The Labute approximate surface area is 104 Å². The maximum absolute atomic E-state index is 4.60. The van der Waals surface area contributed by atoms with Gasteiger partial charge in [-0.25, -0.2) is 4.98 Å². The van der Waals surface area contributed by atoms with Crippen molar-refractivity contribution < 1.29 is 0 Å². The van der Waals surface area contributed by atoms with E-state index in [2.05, 4.69) is 48.1 Å². The van der Waals surface area contributed by atoms with Gasteiger partial charge in [-0.15, -0.1) is 0 Å². The zero-order valence-corrected chi connectivity index (χ0v) is 11.1. The molecular formula is C14H23N3. The Morgan fingerprint density at radius 2 is 1.88 bits per heavy atom. The summed E-state index contributed by atoms with van der Waals surface area (Å²) in [5, 5.41) is 3.36. The first-order chi connectivity index (χ1) is 8.18. The van der Waals surface area contributed by atoms with Crippen molar-refractivity contribution in [2.24, 2.45) is 5.92 Å². The van der Waals surface area contributed by atoms with Crippen LogP contribution in [0.25, 0.3) is 0 Å². The Morgan fingerprint density at radius 3 is 2.41 bits per heavy atom. The van der Waals surface area contributed by atoms with Gasteiger partial charge < -0.3 is 10.2 Å². The summed E-state index contributed by atoms with van der Waals surface area (Å²) in [5.41, 5.74) is 1.35. The largest absolute Gasteiger partial charge is 0.354 e. The number of aromatic nitrogens is 1. The van der Waals surface area contributed by atoms with Gasteiger partial charge >= 0.3 is 0 Å². The third-order valence-corrected chi connectivity index (χ3v) is 3.74.